The summed E-state index contributed by atoms with van der Waals surface area (Å²) in [5.74, 6) is 0.652. The molecule has 1 aliphatic rings. The molecule has 0 unspecified atom stereocenters. The zero-order valence-corrected chi connectivity index (χ0v) is 14.6. The smallest absolute Gasteiger partial charge is 0.304 e. The Morgan fingerprint density at radius 3 is 2.48 bits per heavy atom. The first kappa shape index (κ1) is 17.3. The van der Waals surface area contributed by atoms with Crippen LogP contribution in [0.15, 0.2) is 42.5 Å². The third kappa shape index (κ3) is 3.61. The summed E-state index contributed by atoms with van der Waals surface area (Å²) in [5, 5.41) is 9.08. The van der Waals surface area contributed by atoms with Crippen molar-refractivity contribution < 1.29 is 19.4 Å². The summed E-state index contributed by atoms with van der Waals surface area (Å²) < 4.78 is 10.9. The molecule has 0 radical (unpaired) electrons. The number of nitrogens with zero attached hydrogens (tertiary/aromatic N) is 1. The van der Waals surface area contributed by atoms with Gasteiger partial charge >= 0.3 is 5.97 Å². The van der Waals surface area contributed by atoms with Crippen LogP contribution in [0, 0.1) is 0 Å². The summed E-state index contributed by atoms with van der Waals surface area (Å²) in [6.07, 6.45) is 0.991. The summed E-state index contributed by atoms with van der Waals surface area (Å²) >= 11 is 0. The van der Waals surface area contributed by atoms with E-state index < -0.39 is 5.97 Å². The van der Waals surface area contributed by atoms with Crippen molar-refractivity contribution in [3.05, 3.63) is 59.2 Å². The van der Waals surface area contributed by atoms with Gasteiger partial charge in [0.2, 0.25) is 0 Å². The molecule has 0 aliphatic carbocycles. The van der Waals surface area contributed by atoms with Gasteiger partial charge < -0.3 is 14.6 Å². The molecule has 1 atom stereocenters. The van der Waals surface area contributed by atoms with Crippen molar-refractivity contribution in [1.82, 2.24) is 4.90 Å². The van der Waals surface area contributed by atoms with Gasteiger partial charge in [0.1, 0.15) is 0 Å². The second kappa shape index (κ2) is 7.57. The van der Waals surface area contributed by atoms with E-state index in [1.165, 1.54) is 5.56 Å². The average Bonchev–Trinajstić information content (AvgIpc) is 2.65. The van der Waals surface area contributed by atoms with Crippen LogP contribution in [0.2, 0.25) is 0 Å². The number of carboxylic acids is 1. The molecule has 1 N–H and O–H groups in total. The van der Waals surface area contributed by atoms with E-state index >= 15 is 0 Å². The van der Waals surface area contributed by atoms with Crippen LogP contribution in [0.5, 0.6) is 11.5 Å². The number of carbonyl (C=O) groups is 1. The molecule has 2 aromatic rings. The number of fused-ring (bicyclic) bond motifs is 1. The molecule has 0 saturated heterocycles. The molecule has 0 saturated carbocycles. The summed E-state index contributed by atoms with van der Waals surface area (Å²) in [7, 11) is 3.27. The van der Waals surface area contributed by atoms with Crippen LogP contribution >= 0.6 is 0 Å². The van der Waals surface area contributed by atoms with E-state index in [9.17, 15) is 4.79 Å². The topological polar surface area (TPSA) is 59.0 Å². The van der Waals surface area contributed by atoms with E-state index in [1.54, 1.807) is 14.2 Å². The Labute approximate surface area is 147 Å². The maximum atomic E-state index is 11.1. The number of hydrogen-bond acceptors (Lipinski definition) is 4. The quantitative estimate of drug-likeness (QED) is 0.875. The van der Waals surface area contributed by atoms with Crippen LogP contribution in [-0.2, 0) is 11.2 Å². The number of benzene rings is 2. The second-order valence-electron chi connectivity index (χ2n) is 6.15. The maximum Gasteiger partial charge on any atom is 0.304 e. The van der Waals surface area contributed by atoms with E-state index in [0.717, 1.165) is 29.8 Å². The predicted molar refractivity (Wildman–Crippen MR) is 95.4 cm³/mol. The highest BCUT2D eigenvalue weighted by Crippen LogP contribution is 2.40. The highest BCUT2D eigenvalue weighted by Gasteiger charge is 2.30. The van der Waals surface area contributed by atoms with Crippen molar-refractivity contribution in [3.63, 3.8) is 0 Å². The third-order valence-electron chi connectivity index (χ3n) is 4.70. The van der Waals surface area contributed by atoms with Gasteiger partial charge in [-0.25, -0.2) is 0 Å². The zero-order valence-electron chi connectivity index (χ0n) is 14.6. The van der Waals surface area contributed by atoms with Crippen LogP contribution < -0.4 is 9.47 Å². The van der Waals surface area contributed by atoms with Gasteiger partial charge in [-0.05, 0) is 35.2 Å². The van der Waals surface area contributed by atoms with E-state index in [1.807, 2.05) is 30.3 Å². The van der Waals surface area contributed by atoms with Crippen molar-refractivity contribution in [3.8, 4) is 11.5 Å². The first-order valence-electron chi connectivity index (χ1n) is 8.39. The first-order chi connectivity index (χ1) is 12.1. The fourth-order valence-electron chi connectivity index (χ4n) is 3.50. The molecular weight excluding hydrogens is 318 g/mol. The van der Waals surface area contributed by atoms with E-state index in [4.69, 9.17) is 14.6 Å². The fraction of sp³-hybridized carbons (Fsp3) is 0.350. The highest BCUT2D eigenvalue weighted by molar-refractivity contribution is 5.67. The largest absolute Gasteiger partial charge is 0.493 e. The van der Waals surface area contributed by atoms with Gasteiger partial charge in [-0.1, -0.05) is 30.3 Å². The van der Waals surface area contributed by atoms with Crippen molar-refractivity contribution in [2.75, 3.05) is 27.3 Å². The number of aliphatic carboxylic acids is 1. The van der Waals surface area contributed by atoms with Crippen LogP contribution in [0.3, 0.4) is 0 Å². The molecule has 0 aromatic heterocycles. The van der Waals surface area contributed by atoms with Crippen LogP contribution in [0.25, 0.3) is 0 Å². The lowest BCUT2D eigenvalue weighted by Crippen LogP contribution is -2.37. The fourth-order valence-corrected chi connectivity index (χ4v) is 3.50. The third-order valence-corrected chi connectivity index (χ3v) is 4.70. The van der Waals surface area contributed by atoms with Crippen LogP contribution in [0.4, 0.5) is 0 Å². The van der Waals surface area contributed by atoms with Crippen molar-refractivity contribution in [2.24, 2.45) is 0 Å². The predicted octanol–water partition coefficient (Wildman–Crippen LogP) is 3.13. The van der Waals surface area contributed by atoms with Crippen molar-refractivity contribution in [2.45, 2.75) is 18.9 Å². The van der Waals surface area contributed by atoms with Crippen LogP contribution in [-0.4, -0.2) is 43.3 Å². The Bertz CT molecular complexity index is 745. The molecular formula is C20H23NO4. The average molecular weight is 341 g/mol. The number of methoxy groups -OCH3 is 2. The summed E-state index contributed by atoms with van der Waals surface area (Å²) in [6, 6.07) is 14.3. The molecule has 0 bridgehead atoms. The molecule has 0 spiro atoms. The number of hydrogen-bond donors (Lipinski definition) is 1. The Morgan fingerprint density at radius 1 is 1.16 bits per heavy atom. The Kier molecular flexibility index (Phi) is 5.24. The van der Waals surface area contributed by atoms with Gasteiger partial charge in [0.05, 0.1) is 26.7 Å². The van der Waals surface area contributed by atoms with Gasteiger partial charge in [-0.3, -0.25) is 9.69 Å². The van der Waals surface area contributed by atoms with Gasteiger partial charge in [0, 0.05) is 13.1 Å². The summed E-state index contributed by atoms with van der Waals surface area (Å²) in [5.41, 5.74) is 3.53. The Hall–Kier alpha value is -2.53. The number of ether oxygens (including phenoxy) is 2. The molecule has 5 heteroatoms. The lowest BCUT2D eigenvalue weighted by Gasteiger charge is -2.38. The minimum atomic E-state index is -0.773. The zero-order chi connectivity index (χ0) is 17.8. The lowest BCUT2D eigenvalue weighted by molar-refractivity contribution is -0.137. The molecule has 1 aliphatic heterocycles. The normalized spacial score (nSPS) is 17.0. The summed E-state index contributed by atoms with van der Waals surface area (Å²) in [4.78, 5) is 13.3. The maximum absolute atomic E-state index is 11.1. The standard InChI is InChI=1S/C20H23NO4/c1-24-17-12-15-8-10-21(11-9-19(22)23)20(14-6-4-3-5-7-14)16(15)13-18(17)25-2/h3-7,12-13,20H,8-11H2,1-2H3,(H,22,23)/t20-/m1/s1. The van der Waals surface area contributed by atoms with E-state index in [-0.39, 0.29) is 12.5 Å². The molecule has 5 nitrogen and oxygen atoms in total. The molecule has 0 amide bonds. The SMILES string of the molecule is COc1cc2c(cc1OC)[C@@H](c1ccccc1)N(CCC(=O)O)CC2. The van der Waals surface area contributed by atoms with Gasteiger partial charge in [0.15, 0.2) is 11.5 Å². The molecule has 0 fully saturated rings. The number of carboxylic acid groups (broad SMARTS) is 1. The molecule has 132 valence electrons. The van der Waals surface area contributed by atoms with Gasteiger partial charge in [0.25, 0.3) is 0 Å². The minimum absolute atomic E-state index is 0.0177. The van der Waals surface area contributed by atoms with Gasteiger partial charge in [-0.15, -0.1) is 0 Å². The highest BCUT2D eigenvalue weighted by atomic mass is 16.5. The minimum Gasteiger partial charge on any atom is -0.493 e. The van der Waals surface area contributed by atoms with Crippen molar-refractivity contribution >= 4 is 5.97 Å². The summed E-state index contributed by atoms with van der Waals surface area (Å²) in [6.45, 7) is 1.33. The lowest BCUT2D eigenvalue weighted by atomic mass is 9.87. The second-order valence-corrected chi connectivity index (χ2v) is 6.15. The number of rotatable bonds is 6. The van der Waals surface area contributed by atoms with Gasteiger partial charge in [-0.2, -0.15) is 0 Å². The Balaban J connectivity index is 2.05. The van der Waals surface area contributed by atoms with Crippen molar-refractivity contribution in [1.29, 1.82) is 0 Å². The first-order valence-corrected chi connectivity index (χ1v) is 8.39. The Morgan fingerprint density at radius 2 is 1.84 bits per heavy atom. The monoisotopic (exact) mass is 341 g/mol. The van der Waals surface area contributed by atoms with Crippen LogP contribution in [0.1, 0.15) is 29.2 Å². The molecule has 1 heterocycles. The van der Waals surface area contributed by atoms with E-state index in [2.05, 4.69) is 17.0 Å². The molecule has 25 heavy (non-hydrogen) atoms. The molecule has 3 rings (SSSR count). The van der Waals surface area contributed by atoms with E-state index in [0.29, 0.717) is 12.3 Å². The molecule has 2 aromatic carbocycles.